The molecule has 1 unspecified atom stereocenters. The van der Waals surface area contributed by atoms with Crippen LogP contribution in [0.1, 0.15) is 22.7 Å². The van der Waals surface area contributed by atoms with Gasteiger partial charge in [-0.25, -0.2) is 5.01 Å². The predicted molar refractivity (Wildman–Crippen MR) is 121 cm³/mol. The number of halogens is 2. The molecule has 6 nitrogen and oxygen atoms in total. The quantitative estimate of drug-likeness (QED) is 0.414. The number of rotatable bonds is 6. The summed E-state index contributed by atoms with van der Waals surface area (Å²) in [6.07, 6.45) is 0.999. The van der Waals surface area contributed by atoms with E-state index in [1.165, 1.54) is 0 Å². The van der Waals surface area contributed by atoms with Gasteiger partial charge in [0.25, 0.3) is 0 Å². The molecule has 160 valence electrons. The molecule has 2 aromatic carbocycles. The van der Waals surface area contributed by atoms with E-state index in [1.807, 2.05) is 29.3 Å². The van der Waals surface area contributed by atoms with Gasteiger partial charge in [-0.3, -0.25) is 10.2 Å². The topological polar surface area (TPSA) is 70.7 Å². The first-order valence-corrected chi connectivity index (χ1v) is 10.9. The summed E-state index contributed by atoms with van der Waals surface area (Å²) in [6.45, 7) is 3.07. The largest absolute Gasteiger partial charge is 0.460 e. The van der Waals surface area contributed by atoms with Crippen LogP contribution < -0.4 is 10.7 Å². The number of hydrogen-bond acceptors (Lipinski definition) is 5. The third-order valence-corrected chi connectivity index (χ3v) is 5.98. The Labute approximate surface area is 189 Å². The molecule has 5 rings (SSSR count). The van der Waals surface area contributed by atoms with Crippen molar-refractivity contribution in [2.45, 2.75) is 13.0 Å². The Hall–Kier alpha value is -2.51. The highest BCUT2D eigenvalue weighted by Crippen LogP contribution is 2.24. The van der Waals surface area contributed by atoms with Gasteiger partial charge in [0, 0.05) is 33.9 Å². The van der Waals surface area contributed by atoms with Crippen molar-refractivity contribution < 1.29 is 13.6 Å². The molecule has 1 fully saturated rings. The Morgan fingerprint density at radius 2 is 1.71 bits per heavy atom. The highest BCUT2D eigenvalue weighted by molar-refractivity contribution is 6.31. The first-order valence-electron chi connectivity index (χ1n) is 10.2. The number of fused-ring (bicyclic) bond motifs is 2. The van der Waals surface area contributed by atoms with Crippen LogP contribution in [-0.4, -0.2) is 30.6 Å². The second-order valence-electron chi connectivity index (χ2n) is 7.86. The van der Waals surface area contributed by atoms with Crippen LogP contribution >= 0.6 is 23.2 Å². The molecular weight excluding hydrogens is 437 g/mol. The number of benzene rings is 2. The van der Waals surface area contributed by atoms with E-state index < -0.39 is 0 Å². The van der Waals surface area contributed by atoms with Gasteiger partial charge in [0.1, 0.15) is 16.9 Å². The first kappa shape index (κ1) is 20.4. The Morgan fingerprint density at radius 3 is 2.48 bits per heavy atom. The van der Waals surface area contributed by atoms with Crippen molar-refractivity contribution in [3.8, 4) is 0 Å². The minimum absolute atomic E-state index is 0.248. The Morgan fingerprint density at radius 1 is 1.00 bits per heavy atom. The number of hydrazine groups is 1. The van der Waals surface area contributed by atoms with E-state index >= 15 is 0 Å². The third-order valence-electron chi connectivity index (χ3n) is 5.51. The highest BCUT2D eigenvalue weighted by atomic mass is 35.5. The van der Waals surface area contributed by atoms with Gasteiger partial charge in [-0.05, 0) is 67.4 Å². The van der Waals surface area contributed by atoms with E-state index in [4.69, 9.17) is 32.0 Å². The van der Waals surface area contributed by atoms with Crippen LogP contribution in [0.4, 0.5) is 0 Å². The maximum absolute atomic E-state index is 12.6. The summed E-state index contributed by atoms with van der Waals surface area (Å²) >= 11 is 12.0. The van der Waals surface area contributed by atoms with Crippen molar-refractivity contribution >= 4 is 51.0 Å². The van der Waals surface area contributed by atoms with Crippen molar-refractivity contribution in [1.82, 2.24) is 15.8 Å². The molecule has 2 aromatic heterocycles. The van der Waals surface area contributed by atoms with Gasteiger partial charge < -0.3 is 14.2 Å². The van der Waals surface area contributed by atoms with Crippen LogP contribution in [0, 0.1) is 5.92 Å². The number of nitrogens with zero attached hydrogens (tertiary/aromatic N) is 1. The summed E-state index contributed by atoms with van der Waals surface area (Å²) in [5.74, 6) is 1.35. The Balaban J connectivity index is 1.11. The minimum Gasteiger partial charge on any atom is -0.460 e. The molecule has 1 aliphatic heterocycles. The van der Waals surface area contributed by atoms with Gasteiger partial charge >= 0.3 is 5.91 Å². The third kappa shape index (κ3) is 4.57. The molecule has 0 saturated carbocycles. The number of hydrogen-bond donors (Lipinski definition) is 2. The Kier molecular flexibility index (Phi) is 5.63. The predicted octanol–water partition coefficient (Wildman–Crippen LogP) is 5.24. The number of furan rings is 2. The van der Waals surface area contributed by atoms with Crippen LogP contribution in [0.3, 0.4) is 0 Å². The first-order chi connectivity index (χ1) is 15.0. The molecule has 1 saturated heterocycles. The average molecular weight is 458 g/mol. The average Bonchev–Trinajstić information content (AvgIpc) is 3.45. The molecule has 1 aliphatic rings. The lowest BCUT2D eigenvalue weighted by Gasteiger charge is -2.16. The Bertz CT molecular complexity index is 1250. The van der Waals surface area contributed by atoms with Crippen molar-refractivity contribution in [3.63, 3.8) is 0 Å². The van der Waals surface area contributed by atoms with Crippen molar-refractivity contribution in [3.05, 3.63) is 70.1 Å². The molecule has 1 atom stereocenters. The number of nitrogens with one attached hydrogen (secondary N) is 2. The monoisotopic (exact) mass is 457 g/mol. The molecule has 0 radical (unpaired) electrons. The van der Waals surface area contributed by atoms with Gasteiger partial charge in [0.2, 0.25) is 0 Å². The van der Waals surface area contributed by atoms with Crippen molar-refractivity contribution in [1.29, 1.82) is 0 Å². The molecule has 8 heteroatoms. The van der Waals surface area contributed by atoms with Gasteiger partial charge in [-0.2, -0.15) is 0 Å². The van der Waals surface area contributed by atoms with Crippen LogP contribution in [0.15, 0.2) is 57.4 Å². The zero-order valence-electron chi connectivity index (χ0n) is 16.7. The number of amides is 1. The van der Waals surface area contributed by atoms with E-state index in [2.05, 4.69) is 10.7 Å². The molecule has 0 bridgehead atoms. The molecule has 2 N–H and O–H groups in total. The van der Waals surface area contributed by atoms with Gasteiger partial charge in [0.15, 0.2) is 5.76 Å². The summed E-state index contributed by atoms with van der Waals surface area (Å²) in [4.78, 5) is 12.6. The standard InChI is InChI=1S/C23H21Cl2N3O3/c24-17-1-3-20-15(7-17)9-19(30-20)12-26-11-14-5-6-28(13-14)27-23(29)22-10-16-8-18(25)2-4-21(16)31-22/h1-4,7-10,14,26H,5-6,11-13H2,(H,27,29). The summed E-state index contributed by atoms with van der Waals surface area (Å²) in [7, 11) is 0. The van der Waals surface area contributed by atoms with E-state index in [1.54, 1.807) is 24.3 Å². The zero-order chi connectivity index (χ0) is 21.4. The van der Waals surface area contributed by atoms with E-state index in [0.29, 0.717) is 28.1 Å². The molecule has 4 aromatic rings. The maximum Gasteiger partial charge on any atom is 0.301 e. The second kappa shape index (κ2) is 8.55. The number of carbonyl (C=O) groups excluding carboxylic acids is 1. The minimum atomic E-state index is -0.248. The van der Waals surface area contributed by atoms with Gasteiger partial charge in [0.05, 0.1) is 6.54 Å². The summed E-state index contributed by atoms with van der Waals surface area (Å²) < 4.78 is 11.5. The lowest BCUT2D eigenvalue weighted by Crippen LogP contribution is -2.41. The normalized spacial score (nSPS) is 17.0. The second-order valence-corrected chi connectivity index (χ2v) is 8.73. The molecule has 0 spiro atoms. The fourth-order valence-electron chi connectivity index (χ4n) is 3.98. The number of carbonyl (C=O) groups is 1. The van der Waals surface area contributed by atoms with Crippen LogP contribution in [0.2, 0.25) is 10.0 Å². The molecule has 31 heavy (non-hydrogen) atoms. The van der Waals surface area contributed by atoms with E-state index in [0.717, 1.165) is 48.2 Å². The van der Waals surface area contributed by atoms with Gasteiger partial charge in [-0.1, -0.05) is 23.2 Å². The van der Waals surface area contributed by atoms with Crippen LogP contribution in [0.25, 0.3) is 21.9 Å². The van der Waals surface area contributed by atoms with E-state index in [-0.39, 0.29) is 11.7 Å². The van der Waals surface area contributed by atoms with Crippen molar-refractivity contribution in [2.75, 3.05) is 19.6 Å². The molecule has 1 amide bonds. The SMILES string of the molecule is O=C(NN1CCC(CNCc2cc3cc(Cl)ccc3o2)C1)c1cc2cc(Cl)ccc2o1. The highest BCUT2D eigenvalue weighted by Gasteiger charge is 2.25. The molecular formula is C23H21Cl2N3O3. The van der Waals surface area contributed by atoms with Crippen LogP contribution in [-0.2, 0) is 6.54 Å². The van der Waals surface area contributed by atoms with Gasteiger partial charge in [-0.15, -0.1) is 0 Å². The smallest absolute Gasteiger partial charge is 0.301 e. The fourth-order valence-corrected chi connectivity index (χ4v) is 4.34. The lowest BCUT2D eigenvalue weighted by molar-refractivity contribution is 0.0793. The maximum atomic E-state index is 12.6. The zero-order valence-corrected chi connectivity index (χ0v) is 18.2. The lowest BCUT2D eigenvalue weighted by atomic mass is 10.1. The van der Waals surface area contributed by atoms with Crippen molar-refractivity contribution in [2.24, 2.45) is 5.92 Å². The fraction of sp³-hybridized carbons (Fsp3) is 0.261. The molecule has 3 heterocycles. The summed E-state index contributed by atoms with van der Waals surface area (Å²) in [6, 6.07) is 14.6. The summed E-state index contributed by atoms with van der Waals surface area (Å²) in [5, 5.41) is 8.53. The molecule has 0 aliphatic carbocycles. The summed E-state index contributed by atoms with van der Waals surface area (Å²) in [5.41, 5.74) is 4.42. The van der Waals surface area contributed by atoms with E-state index in [9.17, 15) is 4.79 Å². The van der Waals surface area contributed by atoms with Crippen LogP contribution in [0.5, 0.6) is 0 Å².